The molecule has 8 heteroatoms. The van der Waals surface area contributed by atoms with Crippen LogP contribution < -0.4 is 4.74 Å². The lowest BCUT2D eigenvalue weighted by Gasteiger charge is -2.07. The summed E-state index contributed by atoms with van der Waals surface area (Å²) in [6.07, 6.45) is 1.96. The predicted octanol–water partition coefficient (Wildman–Crippen LogP) is 2.70. The normalized spacial score (nSPS) is 10.2. The van der Waals surface area contributed by atoms with E-state index in [0.29, 0.717) is 13.2 Å². The number of ether oxygens (including phenoxy) is 2. The van der Waals surface area contributed by atoms with Gasteiger partial charge < -0.3 is 9.47 Å². The molecular formula is C12H16N2O6. The highest BCUT2D eigenvalue weighted by Crippen LogP contribution is 2.30. The van der Waals surface area contributed by atoms with E-state index in [-0.39, 0.29) is 18.0 Å². The largest absolute Gasteiger partial charge is 0.484 e. The number of nitro benzene ring substituents is 2. The summed E-state index contributed by atoms with van der Waals surface area (Å²) in [7, 11) is 0. The number of nitrogens with zero attached hydrogens (tertiary/aromatic N) is 2. The molecule has 0 saturated carbocycles. The molecule has 0 bridgehead atoms. The highest BCUT2D eigenvalue weighted by atomic mass is 16.6. The second kappa shape index (κ2) is 8.05. The molecule has 0 atom stereocenters. The van der Waals surface area contributed by atoms with E-state index in [1.165, 1.54) is 12.1 Å². The number of non-ortho nitro benzene ring substituents is 1. The summed E-state index contributed by atoms with van der Waals surface area (Å²) in [6.45, 7) is 3.12. The SMILES string of the molecule is CCCCOCCOc1ccc([N+](=O)[O-])cc1[N+](=O)[O-]. The fourth-order valence-corrected chi connectivity index (χ4v) is 1.44. The van der Waals surface area contributed by atoms with Crippen molar-refractivity contribution in [3.05, 3.63) is 38.4 Å². The smallest absolute Gasteiger partial charge is 0.317 e. The first-order valence-corrected chi connectivity index (χ1v) is 6.19. The Kier molecular flexibility index (Phi) is 6.38. The van der Waals surface area contributed by atoms with Crippen molar-refractivity contribution < 1.29 is 19.3 Å². The van der Waals surface area contributed by atoms with Gasteiger partial charge in [-0.15, -0.1) is 0 Å². The van der Waals surface area contributed by atoms with Crippen LogP contribution >= 0.6 is 0 Å². The van der Waals surface area contributed by atoms with E-state index < -0.39 is 15.5 Å². The molecule has 1 rings (SSSR count). The van der Waals surface area contributed by atoms with E-state index in [9.17, 15) is 20.2 Å². The van der Waals surface area contributed by atoms with Crippen LogP contribution in [0, 0.1) is 20.2 Å². The van der Waals surface area contributed by atoms with E-state index in [4.69, 9.17) is 9.47 Å². The zero-order valence-electron chi connectivity index (χ0n) is 11.1. The third kappa shape index (κ3) is 4.81. The highest BCUT2D eigenvalue weighted by molar-refractivity contribution is 5.53. The van der Waals surface area contributed by atoms with Gasteiger partial charge >= 0.3 is 5.69 Å². The van der Waals surface area contributed by atoms with Gasteiger partial charge in [-0.3, -0.25) is 20.2 Å². The predicted molar refractivity (Wildman–Crippen MR) is 71.0 cm³/mol. The van der Waals surface area contributed by atoms with E-state index in [0.717, 1.165) is 18.9 Å². The Morgan fingerprint density at radius 3 is 2.45 bits per heavy atom. The van der Waals surface area contributed by atoms with Crippen LogP contribution in [0.2, 0.25) is 0 Å². The first kappa shape index (κ1) is 15.8. The first-order valence-electron chi connectivity index (χ1n) is 6.19. The van der Waals surface area contributed by atoms with E-state index in [2.05, 4.69) is 0 Å². The molecule has 0 amide bonds. The molecule has 0 saturated heterocycles. The standard InChI is InChI=1S/C12H16N2O6/c1-2-3-6-19-7-8-20-12-5-4-10(13(15)16)9-11(12)14(17)18/h4-5,9H,2-3,6-8H2,1H3. The minimum Gasteiger partial charge on any atom is -0.484 e. The average molecular weight is 284 g/mol. The lowest BCUT2D eigenvalue weighted by Crippen LogP contribution is -2.08. The van der Waals surface area contributed by atoms with Crippen molar-refractivity contribution in [3.63, 3.8) is 0 Å². The Bertz CT molecular complexity index is 477. The first-order chi connectivity index (χ1) is 9.56. The summed E-state index contributed by atoms with van der Waals surface area (Å²) in [6, 6.07) is 3.27. The van der Waals surface area contributed by atoms with Gasteiger partial charge in [-0.25, -0.2) is 0 Å². The molecule has 0 aliphatic rings. The summed E-state index contributed by atoms with van der Waals surface area (Å²) < 4.78 is 10.5. The van der Waals surface area contributed by atoms with Crippen molar-refractivity contribution in [1.29, 1.82) is 0 Å². The zero-order valence-corrected chi connectivity index (χ0v) is 11.1. The second-order valence-electron chi connectivity index (χ2n) is 3.98. The average Bonchev–Trinajstić information content (AvgIpc) is 2.42. The quantitative estimate of drug-likeness (QED) is 0.392. The lowest BCUT2D eigenvalue weighted by atomic mass is 10.2. The number of unbranched alkanes of at least 4 members (excludes halogenated alkanes) is 1. The van der Waals surface area contributed by atoms with E-state index in [1.807, 2.05) is 6.92 Å². The molecule has 1 aromatic carbocycles. The van der Waals surface area contributed by atoms with Gasteiger partial charge in [-0.05, 0) is 12.5 Å². The maximum absolute atomic E-state index is 10.8. The highest BCUT2D eigenvalue weighted by Gasteiger charge is 2.20. The maximum Gasteiger partial charge on any atom is 0.317 e. The summed E-state index contributed by atoms with van der Waals surface area (Å²) >= 11 is 0. The maximum atomic E-state index is 10.8. The van der Waals surface area contributed by atoms with Crippen LogP contribution in [-0.4, -0.2) is 29.7 Å². The van der Waals surface area contributed by atoms with Gasteiger partial charge in [0.05, 0.1) is 22.5 Å². The molecule has 0 N–H and O–H groups in total. The summed E-state index contributed by atoms with van der Waals surface area (Å²) in [5.74, 6) is -0.000286. The minimum absolute atomic E-state index is 0.000286. The van der Waals surface area contributed by atoms with Crippen LogP contribution in [0.15, 0.2) is 18.2 Å². The molecule has 110 valence electrons. The van der Waals surface area contributed by atoms with Crippen LogP contribution in [-0.2, 0) is 4.74 Å². The molecule has 0 unspecified atom stereocenters. The van der Waals surface area contributed by atoms with E-state index in [1.54, 1.807) is 0 Å². The Hall–Kier alpha value is -2.22. The second-order valence-corrected chi connectivity index (χ2v) is 3.98. The molecule has 0 heterocycles. The van der Waals surface area contributed by atoms with Crippen molar-refractivity contribution in [2.45, 2.75) is 19.8 Å². The van der Waals surface area contributed by atoms with Gasteiger partial charge in [0, 0.05) is 12.7 Å². The van der Waals surface area contributed by atoms with Gasteiger partial charge in [0.1, 0.15) is 6.61 Å². The number of benzene rings is 1. The summed E-state index contributed by atoms with van der Waals surface area (Å²) in [4.78, 5) is 20.0. The van der Waals surface area contributed by atoms with Crippen molar-refractivity contribution in [3.8, 4) is 5.75 Å². The monoisotopic (exact) mass is 284 g/mol. The Morgan fingerprint density at radius 1 is 1.10 bits per heavy atom. The van der Waals surface area contributed by atoms with Crippen molar-refractivity contribution in [1.82, 2.24) is 0 Å². The topological polar surface area (TPSA) is 105 Å². The third-order valence-electron chi connectivity index (χ3n) is 2.48. The van der Waals surface area contributed by atoms with Gasteiger partial charge in [0.2, 0.25) is 0 Å². The van der Waals surface area contributed by atoms with Crippen LogP contribution in [0.1, 0.15) is 19.8 Å². The number of hydrogen-bond acceptors (Lipinski definition) is 6. The molecule has 1 aromatic rings. The number of nitro groups is 2. The van der Waals surface area contributed by atoms with Crippen molar-refractivity contribution in [2.75, 3.05) is 19.8 Å². The van der Waals surface area contributed by atoms with Crippen molar-refractivity contribution >= 4 is 11.4 Å². The lowest BCUT2D eigenvalue weighted by molar-refractivity contribution is -0.394. The Morgan fingerprint density at radius 2 is 1.85 bits per heavy atom. The molecule has 0 fully saturated rings. The summed E-state index contributed by atoms with van der Waals surface area (Å²) in [5, 5.41) is 21.4. The van der Waals surface area contributed by atoms with Crippen LogP contribution in [0.4, 0.5) is 11.4 Å². The van der Waals surface area contributed by atoms with Crippen LogP contribution in [0.5, 0.6) is 5.75 Å². The number of hydrogen-bond donors (Lipinski definition) is 0. The zero-order chi connectivity index (χ0) is 15.0. The molecule has 8 nitrogen and oxygen atoms in total. The van der Waals surface area contributed by atoms with E-state index >= 15 is 0 Å². The molecule has 0 spiro atoms. The van der Waals surface area contributed by atoms with Gasteiger partial charge in [-0.2, -0.15) is 0 Å². The van der Waals surface area contributed by atoms with Gasteiger partial charge in [0.25, 0.3) is 5.69 Å². The van der Waals surface area contributed by atoms with Gasteiger partial charge in [-0.1, -0.05) is 13.3 Å². The molecular weight excluding hydrogens is 268 g/mol. The Balaban J connectivity index is 2.60. The Labute approximate surface area is 115 Å². The molecule has 0 aromatic heterocycles. The molecule has 0 radical (unpaired) electrons. The fourth-order valence-electron chi connectivity index (χ4n) is 1.44. The summed E-state index contributed by atoms with van der Waals surface area (Å²) in [5.41, 5.74) is -0.768. The molecule has 0 aliphatic carbocycles. The van der Waals surface area contributed by atoms with Crippen molar-refractivity contribution in [2.24, 2.45) is 0 Å². The van der Waals surface area contributed by atoms with Gasteiger partial charge in [0.15, 0.2) is 5.75 Å². The minimum atomic E-state index is -0.708. The fraction of sp³-hybridized carbons (Fsp3) is 0.500. The molecule has 0 aliphatic heterocycles. The van der Waals surface area contributed by atoms with Crippen LogP contribution in [0.3, 0.4) is 0 Å². The molecule has 20 heavy (non-hydrogen) atoms. The van der Waals surface area contributed by atoms with Crippen LogP contribution in [0.25, 0.3) is 0 Å². The third-order valence-corrected chi connectivity index (χ3v) is 2.48. The number of rotatable bonds is 9.